The van der Waals surface area contributed by atoms with E-state index < -0.39 is 21.8 Å². The Kier molecular flexibility index (Phi) is 7.34. The van der Waals surface area contributed by atoms with E-state index in [1.807, 2.05) is 45.0 Å². The highest BCUT2D eigenvalue weighted by atomic mass is 32.2. The van der Waals surface area contributed by atoms with E-state index in [1.54, 1.807) is 18.2 Å². The fourth-order valence-corrected chi connectivity index (χ4v) is 4.02. The van der Waals surface area contributed by atoms with Gasteiger partial charge < -0.3 is 5.32 Å². The van der Waals surface area contributed by atoms with E-state index in [0.29, 0.717) is 5.69 Å². The van der Waals surface area contributed by atoms with Crippen LogP contribution in [0.1, 0.15) is 27.0 Å². The Morgan fingerprint density at radius 2 is 1.39 bits per heavy atom. The Morgan fingerprint density at radius 1 is 0.758 bits per heavy atom. The van der Waals surface area contributed by atoms with Crippen molar-refractivity contribution in [2.75, 3.05) is 16.6 Å². The van der Waals surface area contributed by atoms with E-state index in [0.717, 1.165) is 22.4 Å². The van der Waals surface area contributed by atoms with Crippen molar-refractivity contribution < 1.29 is 18.0 Å². The van der Waals surface area contributed by atoms with Crippen LogP contribution >= 0.6 is 0 Å². The summed E-state index contributed by atoms with van der Waals surface area (Å²) in [6.07, 6.45) is 0. The summed E-state index contributed by atoms with van der Waals surface area (Å²) in [7, 11) is -3.75. The molecule has 0 aliphatic rings. The first-order valence-corrected chi connectivity index (χ1v) is 11.7. The fraction of sp³-hybridized carbons (Fsp3) is 0.167. The van der Waals surface area contributed by atoms with Crippen molar-refractivity contribution in [3.8, 4) is 0 Å². The summed E-state index contributed by atoms with van der Waals surface area (Å²) in [4.78, 5) is 24.4. The topological polar surface area (TPSA) is 116 Å². The first-order valence-electron chi connectivity index (χ1n) is 10.2. The Hall–Kier alpha value is -3.85. The number of carbonyl (C=O) groups excluding carboxylic acids is 2. The Balaban J connectivity index is 1.52. The molecule has 3 aromatic carbocycles. The lowest BCUT2D eigenvalue weighted by molar-refractivity contribution is -0.120. The van der Waals surface area contributed by atoms with Crippen molar-refractivity contribution in [1.82, 2.24) is 10.9 Å². The Morgan fingerprint density at radius 3 is 2.03 bits per heavy atom. The Bertz CT molecular complexity index is 1250. The summed E-state index contributed by atoms with van der Waals surface area (Å²) in [5, 5.41) is 2.96. The number of benzene rings is 3. The minimum absolute atomic E-state index is 0.0114. The molecule has 172 valence electrons. The molecule has 0 aliphatic heterocycles. The molecular weight excluding hydrogens is 440 g/mol. The van der Waals surface area contributed by atoms with Gasteiger partial charge in [0.1, 0.15) is 0 Å². The van der Waals surface area contributed by atoms with Gasteiger partial charge in [-0.25, -0.2) is 8.42 Å². The molecule has 3 aromatic rings. The summed E-state index contributed by atoms with van der Waals surface area (Å²) in [6, 6.07) is 18.4. The maximum Gasteiger partial charge on any atom is 0.269 e. The zero-order valence-electron chi connectivity index (χ0n) is 18.6. The molecule has 0 atom stereocenters. The summed E-state index contributed by atoms with van der Waals surface area (Å²) in [5.41, 5.74) is 9.03. The van der Waals surface area contributed by atoms with E-state index in [9.17, 15) is 18.0 Å². The van der Waals surface area contributed by atoms with E-state index in [1.165, 1.54) is 24.3 Å². The highest BCUT2D eigenvalue weighted by Gasteiger charge is 2.15. The zero-order chi connectivity index (χ0) is 24.0. The van der Waals surface area contributed by atoms with Crippen LogP contribution in [0.5, 0.6) is 0 Å². The number of carbonyl (C=O) groups is 2. The van der Waals surface area contributed by atoms with Gasteiger partial charge in [0.05, 0.1) is 11.4 Å². The van der Waals surface area contributed by atoms with Crippen molar-refractivity contribution in [3.05, 3.63) is 89.0 Å². The van der Waals surface area contributed by atoms with Crippen molar-refractivity contribution in [2.24, 2.45) is 0 Å². The average Bonchev–Trinajstić information content (AvgIpc) is 2.79. The van der Waals surface area contributed by atoms with Crippen LogP contribution in [0.3, 0.4) is 0 Å². The van der Waals surface area contributed by atoms with Crippen LogP contribution < -0.4 is 20.9 Å². The van der Waals surface area contributed by atoms with E-state index in [2.05, 4.69) is 20.9 Å². The summed E-state index contributed by atoms with van der Waals surface area (Å²) >= 11 is 0. The monoisotopic (exact) mass is 466 g/mol. The number of sulfonamides is 1. The lowest BCUT2D eigenvalue weighted by Crippen LogP contribution is -2.44. The molecule has 0 aromatic heterocycles. The van der Waals surface area contributed by atoms with Crippen LogP contribution in [-0.4, -0.2) is 26.8 Å². The van der Waals surface area contributed by atoms with Gasteiger partial charge in [-0.2, -0.15) is 0 Å². The standard InChI is InChI=1S/C24H26N4O4S/c1-16-4-9-20(10-5-16)25-15-23(29)26-27-24(30)19-7-11-21(12-8-19)28-33(31,32)22-13-6-17(2)18(3)14-22/h4-14,25,28H,15H2,1-3H3,(H,26,29)(H,27,30). The van der Waals surface area contributed by atoms with Gasteiger partial charge in [0.25, 0.3) is 21.8 Å². The van der Waals surface area contributed by atoms with Gasteiger partial charge in [0, 0.05) is 16.9 Å². The molecule has 3 rings (SSSR count). The normalized spacial score (nSPS) is 10.9. The van der Waals surface area contributed by atoms with Gasteiger partial charge in [-0.15, -0.1) is 0 Å². The molecule has 8 nitrogen and oxygen atoms in total. The van der Waals surface area contributed by atoms with E-state index >= 15 is 0 Å². The molecule has 9 heteroatoms. The number of aryl methyl sites for hydroxylation is 3. The number of hydrogen-bond donors (Lipinski definition) is 4. The second kappa shape index (κ2) is 10.2. The molecule has 4 N–H and O–H groups in total. The average molecular weight is 467 g/mol. The van der Waals surface area contributed by atoms with Gasteiger partial charge in [0.2, 0.25) is 0 Å². The third-order valence-electron chi connectivity index (χ3n) is 5.01. The molecule has 0 bridgehead atoms. The van der Waals surface area contributed by atoms with Crippen molar-refractivity contribution in [2.45, 2.75) is 25.7 Å². The van der Waals surface area contributed by atoms with Crippen LogP contribution in [0.15, 0.2) is 71.6 Å². The third kappa shape index (κ3) is 6.56. The van der Waals surface area contributed by atoms with Crippen LogP contribution in [0.2, 0.25) is 0 Å². The van der Waals surface area contributed by atoms with Crippen LogP contribution in [0.25, 0.3) is 0 Å². The number of nitrogens with one attached hydrogen (secondary N) is 4. The third-order valence-corrected chi connectivity index (χ3v) is 6.39. The lowest BCUT2D eigenvalue weighted by atomic mass is 10.1. The number of amides is 2. The zero-order valence-corrected chi connectivity index (χ0v) is 19.4. The van der Waals surface area contributed by atoms with E-state index in [4.69, 9.17) is 0 Å². The minimum Gasteiger partial charge on any atom is -0.376 e. The van der Waals surface area contributed by atoms with Gasteiger partial charge >= 0.3 is 0 Å². The molecule has 0 saturated carbocycles. The summed E-state index contributed by atoms with van der Waals surface area (Å²) in [6.45, 7) is 5.71. The van der Waals surface area contributed by atoms with Gasteiger partial charge in [0.15, 0.2) is 0 Å². The molecule has 0 fully saturated rings. The molecule has 0 spiro atoms. The Labute approximate surface area is 193 Å². The molecule has 2 amide bonds. The summed E-state index contributed by atoms with van der Waals surface area (Å²) in [5.74, 6) is -0.941. The van der Waals surface area contributed by atoms with Crippen LogP contribution in [0.4, 0.5) is 11.4 Å². The van der Waals surface area contributed by atoms with Crippen molar-refractivity contribution in [1.29, 1.82) is 0 Å². The minimum atomic E-state index is -3.75. The maximum absolute atomic E-state index is 12.6. The van der Waals surface area contributed by atoms with Gasteiger partial charge in [-0.3, -0.25) is 25.2 Å². The number of hydrogen-bond acceptors (Lipinski definition) is 5. The number of rotatable bonds is 7. The lowest BCUT2D eigenvalue weighted by Gasteiger charge is -2.11. The van der Waals surface area contributed by atoms with E-state index in [-0.39, 0.29) is 17.0 Å². The summed E-state index contributed by atoms with van der Waals surface area (Å²) < 4.78 is 27.7. The fourth-order valence-electron chi connectivity index (χ4n) is 2.88. The SMILES string of the molecule is Cc1ccc(NCC(=O)NNC(=O)c2ccc(NS(=O)(=O)c3ccc(C)c(C)c3)cc2)cc1. The first-order chi connectivity index (χ1) is 15.6. The number of hydrazine groups is 1. The predicted octanol–water partition coefficient (Wildman–Crippen LogP) is 3.29. The van der Waals surface area contributed by atoms with Crippen LogP contribution in [-0.2, 0) is 14.8 Å². The highest BCUT2D eigenvalue weighted by molar-refractivity contribution is 7.92. The first kappa shape index (κ1) is 23.8. The number of anilines is 2. The predicted molar refractivity (Wildman–Crippen MR) is 128 cm³/mol. The molecular formula is C24H26N4O4S. The largest absolute Gasteiger partial charge is 0.376 e. The molecule has 33 heavy (non-hydrogen) atoms. The van der Waals surface area contributed by atoms with Gasteiger partial charge in [-0.1, -0.05) is 23.8 Å². The molecule has 0 radical (unpaired) electrons. The quantitative estimate of drug-likeness (QED) is 0.399. The van der Waals surface area contributed by atoms with Gasteiger partial charge in [-0.05, 0) is 80.4 Å². The maximum atomic E-state index is 12.6. The second-order valence-corrected chi connectivity index (χ2v) is 9.33. The van der Waals surface area contributed by atoms with Crippen LogP contribution in [0, 0.1) is 20.8 Å². The smallest absolute Gasteiger partial charge is 0.269 e. The second-order valence-electron chi connectivity index (χ2n) is 7.65. The van der Waals surface area contributed by atoms with Crippen molar-refractivity contribution in [3.63, 3.8) is 0 Å². The molecule has 0 heterocycles. The molecule has 0 saturated heterocycles. The molecule has 0 aliphatic carbocycles. The molecule has 0 unspecified atom stereocenters. The van der Waals surface area contributed by atoms with Crippen molar-refractivity contribution >= 4 is 33.2 Å². The highest BCUT2D eigenvalue weighted by Crippen LogP contribution is 2.19.